The lowest BCUT2D eigenvalue weighted by atomic mass is 9.82. The average molecular weight is 415 g/mol. The van der Waals surface area contributed by atoms with Crippen LogP contribution in [0.3, 0.4) is 0 Å². The van der Waals surface area contributed by atoms with Gasteiger partial charge in [-0.2, -0.15) is 0 Å². The third-order valence-electron chi connectivity index (χ3n) is 6.66. The van der Waals surface area contributed by atoms with Gasteiger partial charge in [0.05, 0.1) is 25.2 Å². The Morgan fingerprint density at radius 2 is 2.07 bits per heavy atom. The van der Waals surface area contributed by atoms with Crippen molar-refractivity contribution in [3.05, 3.63) is 53.9 Å². The molecule has 162 valence electrons. The highest BCUT2D eigenvalue weighted by atomic mass is 19.1. The second kappa shape index (κ2) is 9.27. The van der Waals surface area contributed by atoms with Crippen molar-refractivity contribution >= 4 is 5.91 Å². The summed E-state index contributed by atoms with van der Waals surface area (Å²) in [7, 11) is 1.83. The maximum Gasteiger partial charge on any atom is 0.272 e. The van der Waals surface area contributed by atoms with E-state index in [1.807, 2.05) is 18.0 Å². The summed E-state index contributed by atoms with van der Waals surface area (Å²) in [5.41, 5.74) is 8.03. The quantitative estimate of drug-likeness (QED) is 0.816. The van der Waals surface area contributed by atoms with E-state index in [4.69, 9.17) is 10.5 Å². The van der Waals surface area contributed by atoms with Gasteiger partial charge in [-0.15, -0.1) is 0 Å². The molecule has 1 amide bonds. The third-order valence-corrected chi connectivity index (χ3v) is 6.66. The summed E-state index contributed by atoms with van der Waals surface area (Å²) in [5, 5.41) is 0. The molecule has 2 aromatic rings. The predicted molar refractivity (Wildman–Crippen MR) is 113 cm³/mol. The van der Waals surface area contributed by atoms with Crippen molar-refractivity contribution in [3.63, 3.8) is 0 Å². The van der Waals surface area contributed by atoms with Gasteiger partial charge in [0.1, 0.15) is 11.5 Å². The summed E-state index contributed by atoms with van der Waals surface area (Å²) < 4.78 is 21.5. The minimum Gasteiger partial charge on any atom is -0.378 e. The van der Waals surface area contributed by atoms with Crippen LogP contribution in [0.2, 0.25) is 0 Å². The molecule has 2 atom stereocenters. The molecule has 2 fully saturated rings. The second-order valence-electron chi connectivity index (χ2n) is 8.72. The van der Waals surface area contributed by atoms with E-state index < -0.39 is 0 Å². The minimum absolute atomic E-state index is 0.00232. The molecule has 2 N–H and O–H groups in total. The molecule has 4 rings (SSSR count). The summed E-state index contributed by atoms with van der Waals surface area (Å²) in [4.78, 5) is 18.7. The Kier molecular flexibility index (Phi) is 6.49. The highest BCUT2D eigenvalue weighted by Crippen LogP contribution is 2.34. The first-order valence-corrected chi connectivity index (χ1v) is 10.9. The Balaban J connectivity index is 1.27. The first-order valence-electron chi connectivity index (χ1n) is 10.9. The number of nitrogens with zero attached hydrogens (tertiary/aromatic N) is 3. The van der Waals surface area contributed by atoms with Crippen LogP contribution in [0.5, 0.6) is 0 Å². The standard InChI is InChI=1S/C23H31FN4O2/c1-27-15-26-12-22(27)23(29)28-10-9-21(25)18(13-28)14-30-20-7-5-16(6-8-20)17-3-2-4-19(24)11-17/h2-4,11-12,15-16,18,20-21H,5-10,13-14,25H2,1H3/t16-,18?,20+,21?. The summed E-state index contributed by atoms with van der Waals surface area (Å²) in [6.45, 7) is 1.86. The maximum atomic E-state index is 13.5. The van der Waals surface area contributed by atoms with Gasteiger partial charge in [-0.05, 0) is 55.7 Å². The lowest BCUT2D eigenvalue weighted by molar-refractivity contribution is -0.0136. The first-order chi connectivity index (χ1) is 14.5. The normalized spacial score (nSPS) is 27.2. The van der Waals surface area contributed by atoms with Crippen molar-refractivity contribution in [2.45, 2.75) is 50.2 Å². The van der Waals surface area contributed by atoms with Crippen LogP contribution in [0.15, 0.2) is 36.8 Å². The number of piperidine rings is 1. The number of aromatic nitrogens is 2. The predicted octanol–water partition coefficient (Wildman–Crippen LogP) is 3.09. The molecule has 1 aromatic heterocycles. The number of hydrogen-bond acceptors (Lipinski definition) is 4. The van der Waals surface area contributed by atoms with E-state index in [0.29, 0.717) is 31.3 Å². The summed E-state index contributed by atoms with van der Waals surface area (Å²) >= 11 is 0. The molecule has 0 radical (unpaired) electrons. The van der Waals surface area contributed by atoms with Gasteiger partial charge in [0.15, 0.2) is 0 Å². The van der Waals surface area contributed by atoms with Crippen LogP contribution in [0.1, 0.15) is 54.1 Å². The third kappa shape index (κ3) is 4.73. The zero-order chi connectivity index (χ0) is 21.1. The smallest absolute Gasteiger partial charge is 0.272 e. The van der Waals surface area contributed by atoms with Gasteiger partial charge in [-0.25, -0.2) is 9.37 Å². The van der Waals surface area contributed by atoms with Gasteiger partial charge in [0, 0.05) is 32.1 Å². The number of amides is 1. The molecule has 6 nitrogen and oxygen atoms in total. The monoisotopic (exact) mass is 414 g/mol. The van der Waals surface area contributed by atoms with E-state index >= 15 is 0 Å². The number of imidazole rings is 1. The number of carbonyl (C=O) groups is 1. The Morgan fingerprint density at radius 3 is 2.77 bits per heavy atom. The Bertz CT molecular complexity index is 862. The van der Waals surface area contributed by atoms with E-state index in [2.05, 4.69) is 4.98 Å². The number of hydrogen-bond donors (Lipinski definition) is 1. The van der Waals surface area contributed by atoms with Gasteiger partial charge in [-0.1, -0.05) is 12.1 Å². The molecule has 0 spiro atoms. The number of likely N-dealkylation sites (tertiary alicyclic amines) is 1. The molecule has 1 saturated heterocycles. The van der Waals surface area contributed by atoms with Crippen molar-refractivity contribution in [1.82, 2.24) is 14.5 Å². The summed E-state index contributed by atoms with van der Waals surface area (Å²) in [6.07, 6.45) is 8.21. The zero-order valence-electron chi connectivity index (χ0n) is 17.5. The lowest BCUT2D eigenvalue weighted by Gasteiger charge is -2.38. The molecule has 2 unspecified atom stereocenters. The van der Waals surface area contributed by atoms with E-state index in [1.165, 1.54) is 6.07 Å². The van der Waals surface area contributed by atoms with Gasteiger partial charge in [0.2, 0.25) is 0 Å². The van der Waals surface area contributed by atoms with E-state index in [9.17, 15) is 9.18 Å². The van der Waals surface area contributed by atoms with Crippen LogP contribution in [0.4, 0.5) is 4.39 Å². The van der Waals surface area contributed by atoms with Crippen molar-refractivity contribution in [1.29, 1.82) is 0 Å². The van der Waals surface area contributed by atoms with E-state index in [0.717, 1.165) is 37.7 Å². The fourth-order valence-electron chi connectivity index (χ4n) is 4.72. The molecule has 2 aliphatic rings. The van der Waals surface area contributed by atoms with E-state index in [-0.39, 0.29) is 29.8 Å². The molecule has 30 heavy (non-hydrogen) atoms. The van der Waals surface area contributed by atoms with Gasteiger partial charge in [0.25, 0.3) is 5.91 Å². The molecular weight excluding hydrogens is 383 g/mol. The molecule has 7 heteroatoms. The Morgan fingerprint density at radius 1 is 1.27 bits per heavy atom. The molecule has 0 bridgehead atoms. The number of carbonyl (C=O) groups excluding carboxylic acids is 1. The van der Waals surface area contributed by atoms with Crippen LogP contribution in [0, 0.1) is 11.7 Å². The highest BCUT2D eigenvalue weighted by molar-refractivity contribution is 5.92. The molecule has 1 aliphatic carbocycles. The maximum absolute atomic E-state index is 13.5. The summed E-state index contributed by atoms with van der Waals surface area (Å²) in [5.74, 6) is 0.381. The topological polar surface area (TPSA) is 73.4 Å². The SMILES string of the molecule is Cn1cncc1C(=O)N1CCC(N)C(CO[C@H]2CC[C@@H](c3cccc(F)c3)CC2)C1. The Labute approximate surface area is 177 Å². The largest absolute Gasteiger partial charge is 0.378 e. The molecule has 1 aromatic carbocycles. The van der Waals surface area contributed by atoms with Gasteiger partial charge < -0.3 is 19.9 Å². The fraction of sp³-hybridized carbons (Fsp3) is 0.565. The summed E-state index contributed by atoms with van der Waals surface area (Å²) in [6, 6.07) is 7.00. The number of aryl methyl sites for hydroxylation is 1. The Hall–Kier alpha value is -2.25. The fourth-order valence-corrected chi connectivity index (χ4v) is 4.72. The van der Waals surface area contributed by atoms with Crippen LogP contribution in [-0.2, 0) is 11.8 Å². The highest BCUT2D eigenvalue weighted by Gasteiger charge is 2.32. The van der Waals surface area contributed by atoms with Crippen LogP contribution >= 0.6 is 0 Å². The number of rotatable bonds is 5. The molecular formula is C23H31FN4O2. The molecule has 1 aliphatic heterocycles. The van der Waals surface area contributed by atoms with Crippen molar-refractivity contribution in [2.75, 3.05) is 19.7 Å². The number of ether oxygens (including phenoxy) is 1. The zero-order valence-corrected chi connectivity index (χ0v) is 17.5. The van der Waals surface area contributed by atoms with E-state index in [1.54, 1.807) is 29.2 Å². The van der Waals surface area contributed by atoms with Crippen molar-refractivity contribution in [3.8, 4) is 0 Å². The van der Waals surface area contributed by atoms with Crippen molar-refractivity contribution < 1.29 is 13.9 Å². The van der Waals surface area contributed by atoms with Crippen LogP contribution < -0.4 is 5.73 Å². The van der Waals surface area contributed by atoms with Crippen LogP contribution in [0.25, 0.3) is 0 Å². The molecule has 1 saturated carbocycles. The number of benzene rings is 1. The first kappa shape index (κ1) is 21.0. The average Bonchev–Trinajstić information content (AvgIpc) is 3.19. The lowest BCUT2D eigenvalue weighted by Crippen LogP contribution is -2.51. The minimum atomic E-state index is -0.164. The number of halogens is 1. The van der Waals surface area contributed by atoms with Gasteiger partial charge >= 0.3 is 0 Å². The number of nitrogens with two attached hydrogens (primary N) is 1. The molecule has 2 heterocycles. The van der Waals surface area contributed by atoms with Gasteiger partial charge in [-0.3, -0.25) is 4.79 Å². The van der Waals surface area contributed by atoms with Crippen molar-refractivity contribution in [2.24, 2.45) is 18.7 Å². The second-order valence-corrected chi connectivity index (χ2v) is 8.72. The van der Waals surface area contributed by atoms with Crippen LogP contribution in [-0.4, -0.2) is 52.2 Å².